The summed E-state index contributed by atoms with van der Waals surface area (Å²) < 4.78 is 41.9. The Morgan fingerprint density at radius 1 is 0.920 bits per heavy atom. The average molecular weight is 351 g/mol. The molecule has 0 aliphatic carbocycles. The smallest absolute Gasteiger partial charge is 0.251 e. The number of nitrogens with one attached hydrogen (secondary N) is 1. The summed E-state index contributed by atoms with van der Waals surface area (Å²) in [4.78, 5) is 12.3. The molecule has 7 heteroatoms. The van der Waals surface area contributed by atoms with Crippen LogP contribution in [0, 0.1) is 11.6 Å². The van der Waals surface area contributed by atoms with Crippen LogP contribution >= 0.6 is 0 Å². The van der Waals surface area contributed by atoms with E-state index in [1.807, 2.05) is 0 Å². The predicted octanol–water partition coefficient (Wildman–Crippen LogP) is 2.96. The first kappa shape index (κ1) is 18.5. The van der Waals surface area contributed by atoms with Gasteiger partial charge in [-0.15, -0.1) is 0 Å². The molecule has 0 radical (unpaired) electrons. The minimum atomic E-state index is -0.647. The number of amides is 1. The van der Waals surface area contributed by atoms with Crippen molar-refractivity contribution in [2.75, 3.05) is 27.9 Å². The fraction of sp³-hybridized carbons (Fsp3) is 0.278. The third kappa shape index (κ3) is 4.59. The average Bonchev–Trinajstić information content (AvgIpc) is 2.59. The van der Waals surface area contributed by atoms with Crippen LogP contribution in [0.1, 0.15) is 15.9 Å². The van der Waals surface area contributed by atoms with Crippen molar-refractivity contribution in [3.8, 4) is 17.2 Å². The number of hydrogen-bond donors (Lipinski definition) is 1. The molecule has 1 amide bonds. The molecule has 2 rings (SSSR count). The predicted molar refractivity (Wildman–Crippen MR) is 88.5 cm³/mol. The van der Waals surface area contributed by atoms with Gasteiger partial charge in [0.25, 0.3) is 5.91 Å². The molecule has 0 saturated heterocycles. The first-order chi connectivity index (χ1) is 12.0. The van der Waals surface area contributed by atoms with Crippen LogP contribution in [0.3, 0.4) is 0 Å². The molecule has 0 spiro atoms. The van der Waals surface area contributed by atoms with Crippen molar-refractivity contribution in [2.24, 2.45) is 0 Å². The lowest BCUT2D eigenvalue weighted by molar-refractivity contribution is 0.0953. The SMILES string of the molecule is COc1cc(C(=O)NCCc2cc(F)cc(F)c2)cc(OC)c1OC. The fourth-order valence-corrected chi connectivity index (χ4v) is 2.39. The number of carbonyl (C=O) groups is 1. The summed E-state index contributed by atoms with van der Waals surface area (Å²) in [5.74, 6) is -0.553. The third-order valence-electron chi connectivity index (χ3n) is 3.55. The molecule has 5 nitrogen and oxygen atoms in total. The highest BCUT2D eigenvalue weighted by Gasteiger charge is 2.16. The standard InChI is InChI=1S/C18H19F2NO4/c1-23-15-8-12(9-16(24-2)17(15)25-3)18(22)21-5-4-11-6-13(19)10-14(20)7-11/h6-10H,4-5H2,1-3H3,(H,21,22). The Balaban J connectivity index is 2.07. The quantitative estimate of drug-likeness (QED) is 0.833. The van der Waals surface area contributed by atoms with E-state index in [0.717, 1.165) is 6.07 Å². The first-order valence-corrected chi connectivity index (χ1v) is 7.51. The van der Waals surface area contributed by atoms with Crippen LogP contribution in [0.4, 0.5) is 8.78 Å². The van der Waals surface area contributed by atoms with Crippen LogP contribution in [0.25, 0.3) is 0 Å². The summed E-state index contributed by atoms with van der Waals surface area (Å²) in [5, 5.41) is 2.69. The largest absolute Gasteiger partial charge is 0.493 e. The Morgan fingerprint density at radius 3 is 1.96 bits per heavy atom. The number of halogens is 2. The van der Waals surface area contributed by atoms with Crippen molar-refractivity contribution in [1.82, 2.24) is 5.32 Å². The second-order valence-corrected chi connectivity index (χ2v) is 5.20. The number of hydrogen-bond acceptors (Lipinski definition) is 4. The molecule has 2 aromatic rings. The van der Waals surface area contributed by atoms with Crippen LogP contribution in [-0.4, -0.2) is 33.8 Å². The number of rotatable bonds is 7. The molecular formula is C18H19F2NO4. The molecule has 1 N–H and O–H groups in total. The zero-order valence-electron chi connectivity index (χ0n) is 14.2. The van der Waals surface area contributed by atoms with Crippen molar-refractivity contribution >= 4 is 5.91 Å². The van der Waals surface area contributed by atoms with Gasteiger partial charge in [-0.05, 0) is 36.2 Å². The number of benzene rings is 2. The normalized spacial score (nSPS) is 10.3. The maximum absolute atomic E-state index is 13.2. The van der Waals surface area contributed by atoms with Crippen LogP contribution < -0.4 is 19.5 Å². The van der Waals surface area contributed by atoms with Gasteiger partial charge in [-0.3, -0.25) is 4.79 Å². The van der Waals surface area contributed by atoms with Crippen LogP contribution in [-0.2, 0) is 6.42 Å². The fourth-order valence-electron chi connectivity index (χ4n) is 2.39. The molecule has 2 aromatic carbocycles. The molecule has 0 aromatic heterocycles. The van der Waals surface area contributed by atoms with E-state index in [4.69, 9.17) is 14.2 Å². The van der Waals surface area contributed by atoms with Gasteiger partial charge in [0.2, 0.25) is 5.75 Å². The monoisotopic (exact) mass is 351 g/mol. The van der Waals surface area contributed by atoms with Gasteiger partial charge in [0.05, 0.1) is 21.3 Å². The van der Waals surface area contributed by atoms with Gasteiger partial charge >= 0.3 is 0 Å². The summed E-state index contributed by atoms with van der Waals surface area (Å²) >= 11 is 0. The van der Waals surface area contributed by atoms with Crippen molar-refractivity contribution in [3.63, 3.8) is 0 Å². The van der Waals surface area contributed by atoms with Gasteiger partial charge in [-0.1, -0.05) is 0 Å². The Hall–Kier alpha value is -2.83. The van der Waals surface area contributed by atoms with E-state index in [2.05, 4.69) is 5.32 Å². The maximum atomic E-state index is 13.2. The zero-order chi connectivity index (χ0) is 18.4. The highest BCUT2D eigenvalue weighted by atomic mass is 19.1. The maximum Gasteiger partial charge on any atom is 0.251 e. The van der Waals surface area contributed by atoms with E-state index in [9.17, 15) is 13.6 Å². The second kappa shape index (κ2) is 8.32. The first-order valence-electron chi connectivity index (χ1n) is 7.51. The van der Waals surface area contributed by atoms with Crippen LogP contribution in [0.2, 0.25) is 0 Å². The molecule has 0 heterocycles. The second-order valence-electron chi connectivity index (χ2n) is 5.20. The Morgan fingerprint density at radius 2 is 1.48 bits per heavy atom. The summed E-state index contributed by atoms with van der Waals surface area (Å²) in [6.45, 7) is 0.221. The minimum absolute atomic E-state index is 0.221. The molecule has 25 heavy (non-hydrogen) atoms. The molecule has 0 bridgehead atoms. The Bertz CT molecular complexity index is 719. The topological polar surface area (TPSA) is 56.8 Å². The summed E-state index contributed by atoms with van der Waals surface area (Å²) in [5.41, 5.74) is 0.780. The number of carbonyl (C=O) groups excluding carboxylic acids is 1. The van der Waals surface area contributed by atoms with E-state index in [1.54, 1.807) is 0 Å². The summed E-state index contributed by atoms with van der Waals surface area (Å²) in [6, 6.07) is 6.32. The van der Waals surface area contributed by atoms with Crippen molar-refractivity contribution < 1.29 is 27.8 Å². The highest BCUT2D eigenvalue weighted by molar-refractivity contribution is 5.95. The van der Waals surface area contributed by atoms with Crippen molar-refractivity contribution in [2.45, 2.75) is 6.42 Å². The van der Waals surface area contributed by atoms with Gasteiger partial charge in [-0.2, -0.15) is 0 Å². The van der Waals surface area contributed by atoms with Gasteiger partial charge in [0.1, 0.15) is 11.6 Å². The lowest BCUT2D eigenvalue weighted by Gasteiger charge is -2.14. The lowest BCUT2D eigenvalue weighted by atomic mass is 10.1. The van der Waals surface area contributed by atoms with Gasteiger partial charge < -0.3 is 19.5 Å². The summed E-state index contributed by atoms with van der Waals surface area (Å²) in [7, 11) is 4.38. The van der Waals surface area contributed by atoms with E-state index in [1.165, 1.54) is 45.6 Å². The lowest BCUT2D eigenvalue weighted by Crippen LogP contribution is -2.25. The van der Waals surface area contributed by atoms with E-state index < -0.39 is 11.6 Å². The molecule has 0 atom stereocenters. The Labute approximate surface area is 144 Å². The summed E-state index contributed by atoms with van der Waals surface area (Å²) in [6.07, 6.45) is 0.296. The van der Waals surface area contributed by atoms with Gasteiger partial charge in [0.15, 0.2) is 11.5 Å². The van der Waals surface area contributed by atoms with Crippen molar-refractivity contribution in [1.29, 1.82) is 0 Å². The zero-order valence-corrected chi connectivity index (χ0v) is 14.2. The van der Waals surface area contributed by atoms with Gasteiger partial charge in [0, 0.05) is 18.2 Å². The van der Waals surface area contributed by atoms with E-state index >= 15 is 0 Å². The molecule has 0 saturated carbocycles. The molecule has 134 valence electrons. The van der Waals surface area contributed by atoms with Crippen LogP contribution in [0.5, 0.6) is 17.2 Å². The van der Waals surface area contributed by atoms with Gasteiger partial charge in [-0.25, -0.2) is 8.78 Å². The minimum Gasteiger partial charge on any atom is -0.493 e. The van der Waals surface area contributed by atoms with Crippen LogP contribution in [0.15, 0.2) is 30.3 Å². The highest BCUT2D eigenvalue weighted by Crippen LogP contribution is 2.38. The molecule has 0 aliphatic rings. The third-order valence-corrected chi connectivity index (χ3v) is 3.55. The molecular weight excluding hydrogens is 332 g/mol. The molecule has 0 fully saturated rings. The number of ether oxygens (including phenoxy) is 3. The number of methoxy groups -OCH3 is 3. The Kier molecular flexibility index (Phi) is 6.16. The van der Waals surface area contributed by atoms with E-state index in [0.29, 0.717) is 34.8 Å². The molecule has 0 unspecified atom stereocenters. The van der Waals surface area contributed by atoms with E-state index in [-0.39, 0.29) is 12.5 Å². The van der Waals surface area contributed by atoms with Crippen molar-refractivity contribution in [3.05, 3.63) is 53.1 Å². The molecule has 0 aliphatic heterocycles.